The van der Waals surface area contributed by atoms with Crippen LogP contribution < -0.4 is 15.5 Å². The van der Waals surface area contributed by atoms with Crippen LogP contribution in [-0.2, 0) is 9.59 Å². The second-order valence-electron chi connectivity index (χ2n) is 9.47. The molecule has 2 N–H and O–H groups in total. The molecule has 1 heterocycles. The van der Waals surface area contributed by atoms with Gasteiger partial charge >= 0.3 is 0 Å². The Morgan fingerprint density at radius 2 is 1.56 bits per heavy atom. The Morgan fingerprint density at radius 1 is 0.861 bits per heavy atom. The highest BCUT2D eigenvalue weighted by molar-refractivity contribution is 7.12. The molecule has 0 saturated carbocycles. The summed E-state index contributed by atoms with van der Waals surface area (Å²) in [5.74, 6) is -1.03. The first kappa shape index (κ1) is 25.1. The van der Waals surface area contributed by atoms with E-state index in [1.54, 1.807) is 17.5 Å². The molecule has 3 amide bonds. The number of rotatable bonds is 7. The molecular weight excluding hydrogens is 470 g/mol. The van der Waals surface area contributed by atoms with E-state index in [2.05, 4.69) is 10.6 Å². The SMILES string of the molecule is CC(C)(C)NC(=O)[C@@H](c1ccccc1)N(C(=O)CNC(=O)c1cccs1)c1cccc2ccccc12. The van der Waals surface area contributed by atoms with E-state index in [1.165, 1.54) is 16.2 Å². The molecule has 6 nitrogen and oxygen atoms in total. The Balaban J connectivity index is 1.80. The van der Waals surface area contributed by atoms with Crippen LogP contribution in [-0.4, -0.2) is 29.8 Å². The summed E-state index contributed by atoms with van der Waals surface area (Å²) in [5.41, 5.74) is 0.761. The number of thiophene rings is 1. The van der Waals surface area contributed by atoms with Gasteiger partial charge in [0.25, 0.3) is 5.91 Å². The Labute approximate surface area is 214 Å². The number of anilines is 1. The Kier molecular flexibility index (Phi) is 7.50. The molecule has 0 aliphatic rings. The fraction of sp³-hybridized carbons (Fsp3) is 0.207. The molecule has 0 saturated heterocycles. The summed E-state index contributed by atoms with van der Waals surface area (Å²) in [6.45, 7) is 5.45. The van der Waals surface area contributed by atoms with Crippen LogP contribution in [0.5, 0.6) is 0 Å². The van der Waals surface area contributed by atoms with Gasteiger partial charge in [0.15, 0.2) is 0 Å². The smallest absolute Gasteiger partial charge is 0.261 e. The predicted octanol–water partition coefficient (Wildman–Crippen LogP) is 5.32. The van der Waals surface area contributed by atoms with Gasteiger partial charge < -0.3 is 10.6 Å². The molecule has 0 aliphatic carbocycles. The monoisotopic (exact) mass is 499 g/mol. The lowest BCUT2D eigenvalue weighted by molar-refractivity contribution is -0.127. The van der Waals surface area contributed by atoms with Crippen molar-refractivity contribution >= 4 is 45.5 Å². The van der Waals surface area contributed by atoms with E-state index < -0.39 is 17.5 Å². The lowest BCUT2D eigenvalue weighted by atomic mass is 9.99. The molecule has 4 rings (SSSR count). The number of amides is 3. The molecular formula is C29H29N3O3S. The van der Waals surface area contributed by atoms with Gasteiger partial charge in [-0.05, 0) is 49.2 Å². The van der Waals surface area contributed by atoms with Gasteiger partial charge in [-0.3, -0.25) is 19.3 Å². The second kappa shape index (κ2) is 10.7. The number of hydrogen-bond donors (Lipinski definition) is 2. The highest BCUT2D eigenvalue weighted by atomic mass is 32.1. The van der Waals surface area contributed by atoms with Crippen LogP contribution in [0.2, 0.25) is 0 Å². The van der Waals surface area contributed by atoms with Crippen molar-refractivity contribution in [1.29, 1.82) is 0 Å². The van der Waals surface area contributed by atoms with Gasteiger partial charge in [0, 0.05) is 10.9 Å². The number of benzene rings is 3. The number of carbonyl (C=O) groups is 3. The van der Waals surface area contributed by atoms with Crippen molar-refractivity contribution in [3.8, 4) is 0 Å². The maximum Gasteiger partial charge on any atom is 0.261 e. The van der Waals surface area contributed by atoms with E-state index >= 15 is 0 Å². The highest BCUT2D eigenvalue weighted by Gasteiger charge is 2.35. The molecule has 7 heteroatoms. The van der Waals surface area contributed by atoms with Crippen LogP contribution in [0, 0.1) is 0 Å². The molecule has 0 bridgehead atoms. The molecule has 0 radical (unpaired) electrons. The van der Waals surface area contributed by atoms with E-state index in [9.17, 15) is 14.4 Å². The third-order valence-corrected chi connectivity index (χ3v) is 6.43. The van der Waals surface area contributed by atoms with Crippen molar-refractivity contribution < 1.29 is 14.4 Å². The summed E-state index contributed by atoms with van der Waals surface area (Å²) in [5, 5.41) is 9.35. The molecule has 184 valence electrons. The summed E-state index contributed by atoms with van der Waals surface area (Å²) in [7, 11) is 0. The first-order valence-corrected chi connectivity index (χ1v) is 12.6. The second-order valence-corrected chi connectivity index (χ2v) is 10.4. The van der Waals surface area contributed by atoms with Gasteiger partial charge in [-0.15, -0.1) is 11.3 Å². The number of hydrogen-bond acceptors (Lipinski definition) is 4. The topological polar surface area (TPSA) is 78.5 Å². The lowest BCUT2D eigenvalue weighted by Gasteiger charge is -2.34. The van der Waals surface area contributed by atoms with E-state index in [-0.39, 0.29) is 18.4 Å². The van der Waals surface area contributed by atoms with Gasteiger partial charge in [-0.25, -0.2) is 0 Å². The van der Waals surface area contributed by atoms with Crippen LogP contribution in [0.25, 0.3) is 10.8 Å². The molecule has 3 aromatic carbocycles. The first-order valence-electron chi connectivity index (χ1n) is 11.7. The average Bonchev–Trinajstić information content (AvgIpc) is 3.40. The Morgan fingerprint density at radius 3 is 2.25 bits per heavy atom. The number of nitrogens with zero attached hydrogens (tertiary/aromatic N) is 1. The standard InChI is InChI=1S/C29H29N3O3S/c1-29(2,3)31-28(35)26(21-12-5-4-6-13-21)32(23-16-9-14-20-11-7-8-15-22(20)23)25(33)19-30-27(34)24-17-10-18-36-24/h4-18,26H,19H2,1-3H3,(H,30,34)(H,31,35)/t26-/m1/s1. The van der Waals surface area contributed by atoms with Crippen LogP contribution in [0.3, 0.4) is 0 Å². The van der Waals surface area contributed by atoms with Gasteiger partial charge in [0.1, 0.15) is 6.04 Å². The van der Waals surface area contributed by atoms with Gasteiger partial charge in [0.05, 0.1) is 17.1 Å². The van der Waals surface area contributed by atoms with Crippen molar-refractivity contribution in [3.05, 3.63) is 101 Å². The van der Waals surface area contributed by atoms with Crippen molar-refractivity contribution in [3.63, 3.8) is 0 Å². The Bertz CT molecular complexity index is 1360. The van der Waals surface area contributed by atoms with Gasteiger partial charge in [-0.1, -0.05) is 72.8 Å². The third kappa shape index (κ3) is 5.80. The zero-order valence-corrected chi connectivity index (χ0v) is 21.3. The highest BCUT2D eigenvalue weighted by Crippen LogP contribution is 2.34. The normalized spacial score (nSPS) is 12.1. The molecule has 0 spiro atoms. The zero-order valence-electron chi connectivity index (χ0n) is 20.5. The quantitative estimate of drug-likeness (QED) is 0.361. The summed E-state index contributed by atoms with van der Waals surface area (Å²) < 4.78 is 0. The van der Waals surface area contributed by atoms with E-state index in [1.807, 2.05) is 93.6 Å². The van der Waals surface area contributed by atoms with Gasteiger partial charge in [-0.2, -0.15) is 0 Å². The van der Waals surface area contributed by atoms with Gasteiger partial charge in [0.2, 0.25) is 11.8 Å². The minimum Gasteiger partial charge on any atom is -0.349 e. The molecule has 0 unspecified atom stereocenters. The molecule has 0 aliphatic heterocycles. The summed E-state index contributed by atoms with van der Waals surface area (Å²) in [6, 6.07) is 25.2. The van der Waals surface area contributed by atoms with Crippen LogP contribution in [0.15, 0.2) is 90.3 Å². The molecule has 1 atom stereocenters. The van der Waals surface area contributed by atoms with E-state index in [4.69, 9.17) is 0 Å². The molecule has 0 fully saturated rings. The van der Waals surface area contributed by atoms with Crippen molar-refractivity contribution in [2.24, 2.45) is 0 Å². The fourth-order valence-corrected chi connectivity index (χ4v) is 4.70. The summed E-state index contributed by atoms with van der Waals surface area (Å²) >= 11 is 1.30. The summed E-state index contributed by atoms with van der Waals surface area (Å²) in [4.78, 5) is 42.2. The van der Waals surface area contributed by atoms with E-state index in [0.29, 0.717) is 16.1 Å². The first-order chi connectivity index (χ1) is 17.2. The van der Waals surface area contributed by atoms with Crippen molar-refractivity contribution in [1.82, 2.24) is 10.6 Å². The van der Waals surface area contributed by atoms with Crippen molar-refractivity contribution in [2.75, 3.05) is 11.4 Å². The Hall–Kier alpha value is -3.97. The minimum atomic E-state index is -0.942. The maximum atomic E-state index is 13.9. The average molecular weight is 500 g/mol. The molecule has 1 aromatic heterocycles. The number of fused-ring (bicyclic) bond motifs is 1. The van der Waals surface area contributed by atoms with E-state index in [0.717, 1.165) is 10.8 Å². The van der Waals surface area contributed by atoms with Crippen molar-refractivity contribution in [2.45, 2.75) is 32.4 Å². The number of carbonyl (C=O) groups excluding carboxylic acids is 3. The largest absolute Gasteiger partial charge is 0.349 e. The third-order valence-electron chi connectivity index (χ3n) is 5.56. The van der Waals surface area contributed by atoms with Crippen LogP contribution in [0.1, 0.15) is 42.0 Å². The molecule has 36 heavy (non-hydrogen) atoms. The van der Waals surface area contributed by atoms with Crippen LogP contribution >= 0.6 is 11.3 Å². The number of nitrogens with one attached hydrogen (secondary N) is 2. The summed E-state index contributed by atoms with van der Waals surface area (Å²) in [6.07, 6.45) is 0. The fourth-order valence-electron chi connectivity index (χ4n) is 4.06. The predicted molar refractivity (Wildman–Crippen MR) is 145 cm³/mol. The maximum absolute atomic E-state index is 13.9. The molecule has 4 aromatic rings. The minimum absolute atomic E-state index is 0.258. The lowest BCUT2D eigenvalue weighted by Crippen LogP contribution is -2.51. The zero-order chi connectivity index (χ0) is 25.7. The van der Waals surface area contributed by atoms with Crippen LogP contribution in [0.4, 0.5) is 5.69 Å².